The van der Waals surface area contributed by atoms with Crippen LogP contribution in [0.4, 0.5) is 0 Å². The highest BCUT2D eigenvalue weighted by atomic mass is 32.2. The molecule has 6 heteroatoms. The van der Waals surface area contributed by atoms with Crippen LogP contribution in [-0.4, -0.2) is 20.1 Å². The molecule has 0 amide bonds. The summed E-state index contributed by atoms with van der Waals surface area (Å²) in [5.74, 6) is 0.422. The van der Waals surface area contributed by atoms with Crippen molar-refractivity contribution in [3.05, 3.63) is 54.0 Å². The molecule has 5 nitrogen and oxygen atoms in total. The summed E-state index contributed by atoms with van der Waals surface area (Å²) < 4.78 is 33.1. The Morgan fingerprint density at radius 3 is 2.28 bits per heavy atom. The van der Waals surface area contributed by atoms with Gasteiger partial charge in [0.15, 0.2) is 0 Å². The molecule has 0 radical (unpaired) electrons. The molecule has 136 valence electrons. The summed E-state index contributed by atoms with van der Waals surface area (Å²) in [5.41, 5.74) is -0.278. The molecule has 1 unspecified atom stereocenters. The average molecular weight is 363 g/mol. The van der Waals surface area contributed by atoms with Gasteiger partial charge in [-0.15, -0.1) is 0 Å². The van der Waals surface area contributed by atoms with E-state index >= 15 is 0 Å². The lowest BCUT2D eigenvalue weighted by molar-refractivity contribution is -0.00224. The number of rotatable bonds is 6. The molecular formula is C19H25NO4S. The minimum Gasteiger partial charge on any atom is -0.466 e. The third-order valence-corrected chi connectivity index (χ3v) is 6.18. The van der Waals surface area contributed by atoms with Crippen molar-refractivity contribution in [2.75, 3.05) is 6.54 Å². The zero-order chi connectivity index (χ0) is 18.3. The van der Waals surface area contributed by atoms with Crippen molar-refractivity contribution in [2.45, 2.75) is 49.5 Å². The van der Waals surface area contributed by atoms with Gasteiger partial charge in [0.25, 0.3) is 0 Å². The van der Waals surface area contributed by atoms with Crippen LogP contribution < -0.4 is 4.72 Å². The third-order valence-electron chi connectivity index (χ3n) is 4.76. The maximum absolute atomic E-state index is 12.6. The molecule has 0 saturated heterocycles. The van der Waals surface area contributed by atoms with Crippen LogP contribution in [0.2, 0.25) is 0 Å². The Kier molecular flexibility index (Phi) is 4.56. The van der Waals surface area contributed by atoms with Crippen LogP contribution in [0, 0.1) is 5.92 Å². The van der Waals surface area contributed by atoms with Crippen LogP contribution in [0.3, 0.4) is 0 Å². The maximum Gasteiger partial charge on any atom is 0.240 e. The standard InChI is InChI=1S/C19H25NO4S/c1-18(2,3)14-8-10-16(11-9-14)25(22,23)20-13-19(21,15-6-7-15)17-5-4-12-24-17/h4-5,8-12,15,20-21H,6-7,13H2,1-3H3. The van der Waals surface area contributed by atoms with E-state index < -0.39 is 15.6 Å². The molecule has 1 aliphatic rings. The molecule has 1 aromatic carbocycles. The lowest BCUT2D eigenvalue weighted by Gasteiger charge is -2.26. The predicted octanol–water partition coefficient (Wildman–Crippen LogP) is 3.15. The van der Waals surface area contributed by atoms with Gasteiger partial charge in [-0.1, -0.05) is 32.9 Å². The lowest BCUT2D eigenvalue weighted by atomic mass is 9.87. The molecule has 1 atom stereocenters. The van der Waals surface area contributed by atoms with Gasteiger partial charge in [-0.2, -0.15) is 0 Å². The van der Waals surface area contributed by atoms with Gasteiger partial charge in [0, 0.05) is 6.54 Å². The van der Waals surface area contributed by atoms with Crippen LogP contribution >= 0.6 is 0 Å². The fourth-order valence-corrected chi connectivity index (χ4v) is 4.01. The van der Waals surface area contributed by atoms with Crippen LogP contribution in [0.5, 0.6) is 0 Å². The first kappa shape index (κ1) is 18.2. The Morgan fingerprint density at radius 1 is 1.16 bits per heavy atom. The van der Waals surface area contributed by atoms with Crippen molar-refractivity contribution >= 4 is 10.0 Å². The fraction of sp³-hybridized carbons (Fsp3) is 0.474. The minimum absolute atomic E-state index is 0.0182. The second-order valence-corrected chi connectivity index (χ2v) is 9.54. The molecule has 2 N–H and O–H groups in total. The second-order valence-electron chi connectivity index (χ2n) is 7.77. The van der Waals surface area contributed by atoms with Crippen LogP contribution in [-0.2, 0) is 21.0 Å². The first-order chi connectivity index (χ1) is 11.6. The van der Waals surface area contributed by atoms with Gasteiger partial charge in [0.2, 0.25) is 10.0 Å². The van der Waals surface area contributed by atoms with Crippen molar-refractivity contribution in [1.82, 2.24) is 4.72 Å². The van der Waals surface area contributed by atoms with Crippen molar-refractivity contribution in [3.63, 3.8) is 0 Å². The number of hydrogen-bond donors (Lipinski definition) is 2. The first-order valence-electron chi connectivity index (χ1n) is 8.49. The predicted molar refractivity (Wildman–Crippen MR) is 95.7 cm³/mol. The summed E-state index contributed by atoms with van der Waals surface area (Å²) in [7, 11) is -3.70. The smallest absolute Gasteiger partial charge is 0.240 e. The Hall–Kier alpha value is -1.63. The normalized spacial score (nSPS) is 18.1. The van der Waals surface area contributed by atoms with E-state index in [4.69, 9.17) is 4.42 Å². The number of nitrogens with one attached hydrogen (secondary N) is 1. The number of sulfonamides is 1. The monoisotopic (exact) mass is 363 g/mol. The summed E-state index contributed by atoms with van der Waals surface area (Å²) in [6, 6.07) is 10.2. The van der Waals surface area contributed by atoms with Gasteiger partial charge < -0.3 is 9.52 Å². The quantitative estimate of drug-likeness (QED) is 0.826. The van der Waals surface area contributed by atoms with E-state index in [1.165, 1.54) is 6.26 Å². The number of hydrogen-bond acceptors (Lipinski definition) is 4. The molecule has 0 aliphatic heterocycles. The topological polar surface area (TPSA) is 79.5 Å². The molecule has 1 fully saturated rings. The minimum atomic E-state index is -3.70. The van der Waals surface area contributed by atoms with Gasteiger partial charge in [0.05, 0.1) is 11.2 Å². The Balaban J connectivity index is 1.77. The largest absolute Gasteiger partial charge is 0.466 e. The van der Waals surface area contributed by atoms with E-state index in [-0.39, 0.29) is 22.8 Å². The first-order valence-corrected chi connectivity index (χ1v) is 9.98. The Labute approximate surface area is 149 Å². The van der Waals surface area contributed by atoms with Crippen molar-refractivity contribution in [2.24, 2.45) is 5.92 Å². The highest BCUT2D eigenvalue weighted by molar-refractivity contribution is 7.89. The molecule has 1 aliphatic carbocycles. The SMILES string of the molecule is CC(C)(C)c1ccc(S(=O)(=O)NCC(O)(c2ccco2)C2CC2)cc1. The summed E-state index contributed by atoms with van der Waals surface area (Å²) in [5, 5.41) is 11.0. The van der Waals surface area contributed by atoms with E-state index in [0.717, 1.165) is 18.4 Å². The van der Waals surface area contributed by atoms with E-state index in [9.17, 15) is 13.5 Å². The van der Waals surface area contributed by atoms with Crippen molar-refractivity contribution < 1.29 is 17.9 Å². The molecule has 2 aromatic rings. The van der Waals surface area contributed by atoms with E-state index in [2.05, 4.69) is 25.5 Å². The second kappa shape index (κ2) is 6.27. The number of aliphatic hydroxyl groups is 1. The molecular weight excluding hydrogens is 338 g/mol. The fourth-order valence-electron chi connectivity index (χ4n) is 2.94. The number of benzene rings is 1. The molecule has 1 saturated carbocycles. The van der Waals surface area contributed by atoms with Gasteiger partial charge >= 0.3 is 0 Å². The average Bonchev–Trinajstić information content (AvgIpc) is 3.27. The highest BCUT2D eigenvalue weighted by Gasteiger charge is 2.47. The van der Waals surface area contributed by atoms with Gasteiger partial charge in [0.1, 0.15) is 11.4 Å². The molecule has 0 bridgehead atoms. The Morgan fingerprint density at radius 2 is 1.80 bits per heavy atom. The molecule has 3 rings (SSSR count). The Bertz CT molecular complexity index is 815. The molecule has 1 aromatic heterocycles. The van der Waals surface area contributed by atoms with E-state index in [0.29, 0.717) is 5.76 Å². The summed E-state index contributed by atoms with van der Waals surface area (Å²) >= 11 is 0. The summed E-state index contributed by atoms with van der Waals surface area (Å²) in [4.78, 5) is 0.193. The van der Waals surface area contributed by atoms with Crippen LogP contribution in [0.15, 0.2) is 52.0 Å². The van der Waals surface area contributed by atoms with Gasteiger partial charge in [-0.05, 0) is 54.0 Å². The summed E-state index contributed by atoms with van der Waals surface area (Å²) in [6.07, 6.45) is 3.21. The van der Waals surface area contributed by atoms with Gasteiger partial charge in [-0.3, -0.25) is 0 Å². The summed E-state index contributed by atoms with van der Waals surface area (Å²) in [6.45, 7) is 6.13. The zero-order valence-corrected chi connectivity index (χ0v) is 15.6. The van der Waals surface area contributed by atoms with Crippen molar-refractivity contribution in [1.29, 1.82) is 0 Å². The third kappa shape index (κ3) is 3.81. The highest BCUT2D eigenvalue weighted by Crippen LogP contribution is 2.45. The van der Waals surface area contributed by atoms with Crippen LogP contribution in [0.1, 0.15) is 44.9 Å². The molecule has 0 spiro atoms. The van der Waals surface area contributed by atoms with Gasteiger partial charge in [-0.25, -0.2) is 13.1 Å². The number of furan rings is 1. The molecule has 25 heavy (non-hydrogen) atoms. The van der Waals surface area contributed by atoms with Crippen molar-refractivity contribution in [3.8, 4) is 0 Å². The lowest BCUT2D eigenvalue weighted by Crippen LogP contribution is -2.42. The zero-order valence-electron chi connectivity index (χ0n) is 14.8. The van der Waals surface area contributed by atoms with E-state index in [1.54, 1.807) is 24.3 Å². The van der Waals surface area contributed by atoms with Crippen LogP contribution in [0.25, 0.3) is 0 Å². The maximum atomic E-state index is 12.6. The molecule has 1 heterocycles. The van der Waals surface area contributed by atoms with E-state index in [1.807, 2.05) is 12.1 Å².